The van der Waals surface area contributed by atoms with Crippen LogP contribution in [0.4, 0.5) is 5.69 Å². The van der Waals surface area contributed by atoms with Crippen molar-refractivity contribution < 1.29 is 4.79 Å². The number of anilines is 1. The molecule has 2 rings (SSSR count). The fourth-order valence-electron chi connectivity index (χ4n) is 1.42. The number of halogens is 2. The molecule has 88 valence electrons. The van der Waals surface area contributed by atoms with Crippen molar-refractivity contribution in [3.63, 3.8) is 0 Å². The van der Waals surface area contributed by atoms with Crippen LogP contribution in [0.15, 0.2) is 42.7 Å². The standard InChI is InChI=1S/C12H10Cl2N2O/c13-9-3-4-11(10(14)7-9)15-12(17)8-16-5-1-2-6-16/h1-7H,8H2,(H,15,17). The van der Waals surface area contributed by atoms with Crippen molar-refractivity contribution in [2.45, 2.75) is 6.54 Å². The Bertz CT molecular complexity index is 523. The van der Waals surface area contributed by atoms with Crippen LogP contribution in [-0.2, 0) is 11.3 Å². The highest BCUT2D eigenvalue weighted by Gasteiger charge is 2.06. The lowest BCUT2D eigenvalue weighted by molar-refractivity contribution is -0.116. The number of nitrogens with zero attached hydrogens (tertiary/aromatic N) is 1. The zero-order valence-electron chi connectivity index (χ0n) is 8.86. The molecule has 0 aliphatic rings. The van der Waals surface area contributed by atoms with Crippen molar-refractivity contribution in [3.05, 3.63) is 52.8 Å². The van der Waals surface area contributed by atoms with Crippen molar-refractivity contribution in [3.8, 4) is 0 Å². The van der Waals surface area contributed by atoms with Crippen LogP contribution in [0.25, 0.3) is 0 Å². The summed E-state index contributed by atoms with van der Waals surface area (Å²) in [5.74, 6) is -0.134. The van der Waals surface area contributed by atoms with Gasteiger partial charge >= 0.3 is 0 Å². The molecule has 0 spiro atoms. The predicted octanol–water partition coefficient (Wildman–Crippen LogP) is 3.43. The van der Waals surface area contributed by atoms with Gasteiger partial charge in [0.05, 0.1) is 10.7 Å². The summed E-state index contributed by atoms with van der Waals surface area (Å²) in [6.07, 6.45) is 3.64. The molecule has 2 aromatic rings. The van der Waals surface area contributed by atoms with Crippen molar-refractivity contribution in [1.82, 2.24) is 4.57 Å². The van der Waals surface area contributed by atoms with Crippen LogP contribution in [0.5, 0.6) is 0 Å². The Morgan fingerprint density at radius 1 is 1.24 bits per heavy atom. The van der Waals surface area contributed by atoms with Gasteiger partial charge in [0, 0.05) is 17.4 Å². The Balaban J connectivity index is 2.03. The molecule has 0 aliphatic carbocycles. The fraction of sp³-hybridized carbons (Fsp3) is 0.0833. The van der Waals surface area contributed by atoms with Crippen LogP contribution < -0.4 is 5.32 Å². The maximum Gasteiger partial charge on any atom is 0.244 e. The van der Waals surface area contributed by atoms with Crippen LogP contribution in [0.2, 0.25) is 10.0 Å². The van der Waals surface area contributed by atoms with Crippen LogP contribution >= 0.6 is 23.2 Å². The average Bonchev–Trinajstić information content (AvgIpc) is 2.75. The molecule has 0 radical (unpaired) electrons. The second-order valence-electron chi connectivity index (χ2n) is 3.53. The number of nitrogens with one attached hydrogen (secondary N) is 1. The first-order valence-corrected chi connectivity index (χ1v) is 5.76. The number of benzene rings is 1. The lowest BCUT2D eigenvalue weighted by Gasteiger charge is -2.08. The molecule has 5 heteroatoms. The maximum absolute atomic E-state index is 11.7. The molecule has 0 saturated carbocycles. The number of aromatic nitrogens is 1. The number of hydrogen-bond acceptors (Lipinski definition) is 1. The van der Waals surface area contributed by atoms with E-state index in [1.165, 1.54) is 0 Å². The summed E-state index contributed by atoms with van der Waals surface area (Å²) in [6.45, 7) is 0.256. The van der Waals surface area contributed by atoms with E-state index < -0.39 is 0 Å². The maximum atomic E-state index is 11.7. The predicted molar refractivity (Wildman–Crippen MR) is 69.5 cm³/mol. The van der Waals surface area contributed by atoms with Gasteiger partial charge < -0.3 is 9.88 Å². The minimum Gasteiger partial charge on any atom is -0.345 e. The Labute approximate surface area is 109 Å². The summed E-state index contributed by atoms with van der Waals surface area (Å²) in [7, 11) is 0. The monoisotopic (exact) mass is 268 g/mol. The summed E-state index contributed by atoms with van der Waals surface area (Å²) in [6, 6.07) is 8.68. The van der Waals surface area contributed by atoms with Crippen LogP contribution in [-0.4, -0.2) is 10.5 Å². The normalized spacial score (nSPS) is 10.2. The third-order valence-corrected chi connectivity index (χ3v) is 2.75. The molecule has 1 amide bonds. The molecule has 0 saturated heterocycles. The molecular formula is C12H10Cl2N2O. The molecule has 1 N–H and O–H groups in total. The van der Waals surface area contributed by atoms with Crippen molar-refractivity contribution >= 4 is 34.8 Å². The Hall–Kier alpha value is -1.45. The van der Waals surface area contributed by atoms with E-state index in [-0.39, 0.29) is 12.5 Å². The minimum atomic E-state index is -0.134. The Morgan fingerprint density at radius 2 is 1.94 bits per heavy atom. The van der Waals surface area contributed by atoms with E-state index in [4.69, 9.17) is 23.2 Å². The van der Waals surface area contributed by atoms with Crippen molar-refractivity contribution in [2.24, 2.45) is 0 Å². The minimum absolute atomic E-state index is 0.134. The van der Waals surface area contributed by atoms with Gasteiger partial charge in [-0.2, -0.15) is 0 Å². The van der Waals surface area contributed by atoms with Crippen molar-refractivity contribution in [1.29, 1.82) is 0 Å². The fourth-order valence-corrected chi connectivity index (χ4v) is 1.88. The summed E-state index contributed by atoms with van der Waals surface area (Å²) >= 11 is 11.7. The summed E-state index contributed by atoms with van der Waals surface area (Å²) in [5.41, 5.74) is 0.563. The molecule has 0 aliphatic heterocycles. The van der Waals surface area contributed by atoms with E-state index in [0.717, 1.165) is 0 Å². The number of hydrogen-bond donors (Lipinski definition) is 1. The first-order chi connectivity index (χ1) is 8.15. The molecule has 1 aromatic heterocycles. The number of carbonyl (C=O) groups excluding carboxylic acids is 1. The summed E-state index contributed by atoms with van der Waals surface area (Å²) in [4.78, 5) is 11.7. The van der Waals surface area contributed by atoms with Gasteiger partial charge in [-0.25, -0.2) is 0 Å². The highest BCUT2D eigenvalue weighted by Crippen LogP contribution is 2.25. The molecule has 1 aromatic carbocycles. The molecule has 0 unspecified atom stereocenters. The molecule has 3 nitrogen and oxygen atoms in total. The lowest BCUT2D eigenvalue weighted by atomic mass is 10.3. The topological polar surface area (TPSA) is 34.0 Å². The number of rotatable bonds is 3. The molecule has 0 bridgehead atoms. The average molecular weight is 269 g/mol. The zero-order chi connectivity index (χ0) is 12.3. The molecule has 0 fully saturated rings. The molecular weight excluding hydrogens is 259 g/mol. The van der Waals surface area contributed by atoms with E-state index in [9.17, 15) is 4.79 Å². The van der Waals surface area contributed by atoms with Crippen LogP contribution in [0, 0.1) is 0 Å². The highest BCUT2D eigenvalue weighted by molar-refractivity contribution is 6.36. The van der Waals surface area contributed by atoms with Crippen molar-refractivity contribution in [2.75, 3.05) is 5.32 Å². The number of amides is 1. The number of carbonyl (C=O) groups is 1. The smallest absolute Gasteiger partial charge is 0.244 e. The van der Waals surface area contributed by atoms with Gasteiger partial charge in [-0.3, -0.25) is 4.79 Å². The second kappa shape index (κ2) is 5.25. The van der Waals surface area contributed by atoms with E-state index in [2.05, 4.69) is 5.32 Å². The van der Waals surface area contributed by atoms with Gasteiger partial charge in [0.25, 0.3) is 0 Å². The van der Waals surface area contributed by atoms with Gasteiger partial charge in [-0.15, -0.1) is 0 Å². The van der Waals surface area contributed by atoms with Gasteiger partial charge in [-0.1, -0.05) is 23.2 Å². The highest BCUT2D eigenvalue weighted by atomic mass is 35.5. The molecule has 1 heterocycles. The SMILES string of the molecule is O=C(Cn1cccc1)Nc1ccc(Cl)cc1Cl. The third-order valence-electron chi connectivity index (χ3n) is 2.20. The Kier molecular flexibility index (Phi) is 3.71. The van der Waals surface area contributed by atoms with E-state index in [0.29, 0.717) is 15.7 Å². The van der Waals surface area contributed by atoms with E-state index in [1.54, 1.807) is 22.8 Å². The summed E-state index contributed by atoms with van der Waals surface area (Å²) < 4.78 is 1.78. The lowest BCUT2D eigenvalue weighted by Crippen LogP contribution is -2.17. The van der Waals surface area contributed by atoms with Gasteiger partial charge in [0.15, 0.2) is 0 Å². The van der Waals surface area contributed by atoms with Gasteiger partial charge in [-0.05, 0) is 30.3 Å². The zero-order valence-corrected chi connectivity index (χ0v) is 10.4. The summed E-state index contributed by atoms with van der Waals surface area (Å²) in [5, 5.41) is 3.69. The molecule has 0 atom stereocenters. The first-order valence-electron chi connectivity index (χ1n) is 5.01. The van der Waals surface area contributed by atoms with E-state index >= 15 is 0 Å². The quantitative estimate of drug-likeness (QED) is 0.909. The Morgan fingerprint density at radius 3 is 2.59 bits per heavy atom. The third kappa shape index (κ3) is 3.25. The van der Waals surface area contributed by atoms with Crippen LogP contribution in [0.1, 0.15) is 0 Å². The van der Waals surface area contributed by atoms with Gasteiger partial charge in [0.2, 0.25) is 5.91 Å². The largest absolute Gasteiger partial charge is 0.345 e. The molecule has 17 heavy (non-hydrogen) atoms. The van der Waals surface area contributed by atoms with E-state index in [1.807, 2.05) is 24.5 Å². The first kappa shape index (κ1) is 12.0. The van der Waals surface area contributed by atoms with Crippen LogP contribution in [0.3, 0.4) is 0 Å². The van der Waals surface area contributed by atoms with Gasteiger partial charge in [0.1, 0.15) is 6.54 Å². The second-order valence-corrected chi connectivity index (χ2v) is 4.37.